The Hall–Kier alpha value is -1.59. The van der Waals surface area contributed by atoms with E-state index in [2.05, 4.69) is 41.5 Å². The highest BCUT2D eigenvalue weighted by atomic mass is 16.6. The summed E-state index contributed by atoms with van der Waals surface area (Å²) < 4.78 is 16.9. The molecule has 1 unspecified atom stereocenters. The zero-order chi connectivity index (χ0) is 47.0. The molecule has 0 fully saturated rings. The average Bonchev–Trinajstić information content (AvgIpc) is 3.27. The Kier molecular flexibility index (Phi) is 48.1. The highest BCUT2D eigenvalue weighted by Crippen LogP contribution is 2.19. The van der Waals surface area contributed by atoms with Gasteiger partial charge in [0.2, 0.25) is 0 Å². The van der Waals surface area contributed by atoms with Gasteiger partial charge in [0.1, 0.15) is 13.2 Å². The molecule has 0 N–H and O–H groups in total. The lowest BCUT2D eigenvalue weighted by atomic mass is 9.99. The third kappa shape index (κ3) is 49.8. The third-order valence-corrected chi connectivity index (χ3v) is 13.5. The van der Waals surface area contributed by atoms with E-state index in [1.165, 1.54) is 199 Å². The van der Waals surface area contributed by atoms with Crippen LogP contribution in [0.5, 0.6) is 0 Å². The maximum Gasteiger partial charge on any atom is 0.306 e. The van der Waals surface area contributed by atoms with E-state index in [0.717, 1.165) is 75.5 Å². The van der Waals surface area contributed by atoms with Crippen molar-refractivity contribution in [2.45, 2.75) is 324 Å². The first-order chi connectivity index (χ1) is 31.1. The molecule has 64 heavy (non-hydrogen) atoms. The van der Waals surface area contributed by atoms with Crippen LogP contribution >= 0.6 is 0 Å². The molecule has 0 heterocycles. The molecular weight excluding hydrogens is 793 g/mol. The Morgan fingerprint density at radius 3 is 0.812 bits per heavy atom. The number of rotatable bonds is 51. The average molecular weight is 906 g/mol. The van der Waals surface area contributed by atoms with Gasteiger partial charge in [-0.2, -0.15) is 0 Å². The van der Waals surface area contributed by atoms with Gasteiger partial charge >= 0.3 is 17.9 Å². The van der Waals surface area contributed by atoms with Crippen molar-refractivity contribution in [2.75, 3.05) is 13.2 Å². The lowest BCUT2D eigenvalue weighted by Crippen LogP contribution is -2.30. The molecular formula is C58H112O6. The van der Waals surface area contributed by atoms with E-state index in [-0.39, 0.29) is 31.1 Å². The van der Waals surface area contributed by atoms with Gasteiger partial charge in [0.15, 0.2) is 6.10 Å². The lowest BCUT2D eigenvalue weighted by Gasteiger charge is -2.18. The summed E-state index contributed by atoms with van der Waals surface area (Å²) in [5, 5.41) is 0. The van der Waals surface area contributed by atoms with Crippen molar-refractivity contribution in [1.82, 2.24) is 0 Å². The molecule has 0 amide bonds. The first kappa shape index (κ1) is 62.4. The van der Waals surface area contributed by atoms with Crippen LogP contribution in [-0.2, 0) is 28.6 Å². The molecule has 0 saturated carbocycles. The fourth-order valence-corrected chi connectivity index (χ4v) is 8.79. The molecule has 0 radical (unpaired) electrons. The van der Waals surface area contributed by atoms with Crippen molar-refractivity contribution in [3.63, 3.8) is 0 Å². The summed E-state index contributed by atoms with van der Waals surface area (Å²) in [5.41, 5.74) is 0. The van der Waals surface area contributed by atoms with E-state index in [1.54, 1.807) is 0 Å². The molecule has 0 aliphatic carbocycles. The second-order valence-electron chi connectivity index (χ2n) is 21.1. The minimum absolute atomic E-state index is 0.0637. The van der Waals surface area contributed by atoms with Gasteiger partial charge in [-0.3, -0.25) is 14.4 Å². The molecule has 0 aromatic carbocycles. The normalized spacial score (nSPS) is 12.6. The Morgan fingerprint density at radius 2 is 0.547 bits per heavy atom. The Morgan fingerprint density at radius 1 is 0.312 bits per heavy atom. The van der Waals surface area contributed by atoms with Crippen LogP contribution in [0, 0.1) is 17.8 Å². The summed E-state index contributed by atoms with van der Waals surface area (Å²) in [5.74, 6) is 1.70. The third-order valence-electron chi connectivity index (χ3n) is 13.5. The molecule has 0 aliphatic rings. The van der Waals surface area contributed by atoms with Gasteiger partial charge in [-0.25, -0.2) is 0 Å². The first-order valence-electron chi connectivity index (χ1n) is 28.6. The number of unbranched alkanes of at least 4 members (excludes halogenated alkanes) is 33. The Labute approximate surface area is 399 Å². The molecule has 0 rings (SSSR count). The van der Waals surface area contributed by atoms with Gasteiger partial charge in [-0.05, 0) is 37.0 Å². The number of hydrogen-bond acceptors (Lipinski definition) is 6. The molecule has 2 atom stereocenters. The minimum Gasteiger partial charge on any atom is -0.462 e. The van der Waals surface area contributed by atoms with Crippen LogP contribution in [0.3, 0.4) is 0 Å². The Bertz CT molecular complexity index is 993. The summed E-state index contributed by atoms with van der Waals surface area (Å²) in [4.78, 5) is 38.1. The van der Waals surface area contributed by atoms with Crippen molar-refractivity contribution in [3.8, 4) is 0 Å². The maximum absolute atomic E-state index is 12.8. The van der Waals surface area contributed by atoms with E-state index in [4.69, 9.17) is 14.2 Å². The number of carbonyl (C=O) groups is 3. The van der Waals surface area contributed by atoms with Gasteiger partial charge in [0.05, 0.1) is 0 Å². The molecule has 0 aromatic rings. The molecule has 380 valence electrons. The summed E-state index contributed by atoms with van der Waals surface area (Å²) in [6, 6.07) is 0. The zero-order valence-electron chi connectivity index (χ0n) is 44.1. The summed E-state index contributed by atoms with van der Waals surface area (Å²) in [6.45, 7) is 13.8. The number of hydrogen-bond donors (Lipinski definition) is 0. The van der Waals surface area contributed by atoms with Crippen LogP contribution in [0.1, 0.15) is 318 Å². The van der Waals surface area contributed by atoms with E-state index < -0.39 is 6.10 Å². The van der Waals surface area contributed by atoms with Gasteiger partial charge in [0.25, 0.3) is 0 Å². The fourth-order valence-electron chi connectivity index (χ4n) is 8.79. The predicted octanol–water partition coefficient (Wildman–Crippen LogP) is 18.7. The quantitative estimate of drug-likeness (QED) is 0.0344. The summed E-state index contributed by atoms with van der Waals surface area (Å²) >= 11 is 0. The molecule has 0 aliphatic heterocycles. The van der Waals surface area contributed by atoms with Gasteiger partial charge in [-0.1, -0.05) is 279 Å². The van der Waals surface area contributed by atoms with Crippen molar-refractivity contribution in [1.29, 1.82) is 0 Å². The van der Waals surface area contributed by atoms with Crippen LogP contribution in [-0.4, -0.2) is 37.2 Å². The van der Waals surface area contributed by atoms with E-state index in [0.29, 0.717) is 19.3 Å². The van der Waals surface area contributed by atoms with Gasteiger partial charge in [-0.15, -0.1) is 0 Å². The maximum atomic E-state index is 12.8. The summed E-state index contributed by atoms with van der Waals surface area (Å²) in [6.07, 6.45) is 50.8. The van der Waals surface area contributed by atoms with Crippen LogP contribution in [0.25, 0.3) is 0 Å². The standard InChI is InChI=1S/C58H112O6/c1-7-54(6)46-40-34-28-22-18-19-24-30-36-42-48-57(60)63-51-55(50-62-56(59)47-41-35-29-23-16-13-12-15-21-27-33-39-45-53(4)5)64-58(61)49-43-37-31-25-17-11-9-8-10-14-20-26-32-38-44-52(2)3/h52-55H,7-51H2,1-6H3/t54?,55-/m0/s1. The smallest absolute Gasteiger partial charge is 0.306 e. The molecule has 6 nitrogen and oxygen atoms in total. The van der Waals surface area contributed by atoms with Crippen molar-refractivity contribution in [2.24, 2.45) is 17.8 Å². The molecule has 0 bridgehead atoms. The van der Waals surface area contributed by atoms with Crippen molar-refractivity contribution < 1.29 is 28.6 Å². The van der Waals surface area contributed by atoms with Gasteiger partial charge < -0.3 is 14.2 Å². The zero-order valence-corrected chi connectivity index (χ0v) is 44.1. The second kappa shape index (κ2) is 49.3. The van der Waals surface area contributed by atoms with Crippen LogP contribution in [0.4, 0.5) is 0 Å². The number of esters is 3. The van der Waals surface area contributed by atoms with Gasteiger partial charge in [0, 0.05) is 19.3 Å². The monoisotopic (exact) mass is 905 g/mol. The SMILES string of the molecule is CCC(C)CCCCCCCCCCCCC(=O)OC[C@H](COC(=O)CCCCCCCCCCCCCCC(C)C)OC(=O)CCCCCCCCCCCCCCCCC(C)C. The van der Waals surface area contributed by atoms with E-state index in [9.17, 15) is 14.4 Å². The Balaban J connectivity index is 4.32. The second-order valence-corrected chi connectivity index (χ2v) is 21.1. The fraction of sp³-hybridized carbons (Fsp3) is 0.948. The molecule has 0 spiro atoms. The lowest BCUT2D eigenvalue weighted by molar-refractivity contribution is -0.167. The largest absolute Gasteiger partial charge is 0.462 e. The number of ether oxygens (including phenoxy) is 3. The van der Waals surface area contributed by atoms with E-state index in [1.807, 2.05) is 0 Å². The van der Waals surface area contributed by atoms with Crippen LogP contribution in [0.2, 0.25) is 0 Å². The molecule has 0 aromatic heterocycles. The van der Waals surface area contributed by atoms with Crippen LogP contribution in [0.15, 0.2) is 0 Å². The van der Waals surface area contributed by atoms with Crippen molar-refractivity contribution >= 4 is 17.9 Å². The topological polar surface area (TPSA) is 78.9 Å². The number of carbonyl (C=O) groups excluding carboxylic acids is 3. The van der Waals surface area contributed by atoms with Crippen LogP contribution < -0.4 is 0 Å². The molecule has 6 heteroatoms. The highest BCUT2D eigenvalue weighted by Gasteiger charge is 2.19. The highest BCUT2D eigenvalue weighted by molar-refractivity contribution is 5.71. The minimum atomic E-state index is -0.764. The first-order valence-corrected chi connectivity index (χ1v) is 28.6. The summed E-state index contributed by atoms with van der Waals surface area (Å²) in [7, 11) is 0. The van der Waals surface area contributed by atoms with Crippen molar-refractivity contribution in [3.05, 3.63) is 0 Å². The van der Waals surface area contributed by atoms with E-state index >= 15 is 0 Å². The predicted molar refractivity (Wildman–Crippen MR) is 275 cm³/mol. The molecule has 0 saturated heterocycles.